The number of aromatic nitrogens is 2. The Morgan fingerprint density at radius 3 is 2.19 bits per heavy atom. The van der Waals surface area contributed by atoms with E-state index in [2.05, 4.69) is 32.7 Å². The van der Waals surface area contributed by atoms with Gasteiger partial charge in [-0.15, -0.1) is 0 Å². The molecule has 2 aromatic carbocycles. The van der Waals surface area contributed by atoms with Crippen molar-refractivity contribution in [3.63, 3.8) is 0 Å². The Balaban J connectivity index is 1.33. The predicted octanol–water partition coefficient (Wildman–Crippen LogP) is 6.20. The van der Waals surface area contributed by atoms with Gasteiger partial charge in [-0.2, -0.15) is 18.2 Å². The molecule has 1 aromatic heterocycles. The average Bonchev–Trinajstić information content (AvgIpc) is 3.32. The van der Waals surface area contributed by atoms with Crippen molar-refractivity contribution in [2.75, 3.05) is 16.8 Å². The molecule has 36 heavy (non-hydrogen) atoms. The fourth-order valence-electron chi connectivity index (χ4n) is 5.28. The van der Waals surface area contributed by atoms with Crippen molar-refractivity contribution in [3.8, 4) is 0 Å². The monoisotopic (exact) mass is 511 g/mol. The number of nitrogens with one attached hydrogen (secondary N) is 2. The van der Waals surface area contributed by atoms with E-state index in [1.54, 1.807) is 0 Å². The van der Waals surface area contributed by atoms with Crippen molar-refractivity contribution in [2.45, 2.75) is 56.8 Å². The average molecular weight is 512 g/mol. The Bertz CT molecular complexity index is 1200. The van der Waals surface area contributed by atoms with E-state index < -0.39 is 11.9 Å². The molecule has 5 rings (SSSR count). The maximum absolute atomic E-state index is 13.7. The second kappa shape index (κ2) is 10.0. The quantitative estimate of drug-likeness (QED) is 0.398. The van der Waals surface area contributed by atoms with Crippen molar-refractivity contribution in [3.05, 3.63) is 83.0 Å². The highest BCUT2D eigenvalue weighted by atomic mass is 32.1. The largest absolute Gasteiger partial charge is 0.433 e. The van der Waals surface area contributed by atoms with Crippen LogP contribution in [0.5, 0.6) is 0 Å². The summed E-state index contributed by atoms with van der Waals surface area (Å²) in [6, 6.07) is 19.2. The second-order valence-electron chi connectivity index (χ2n) is 9.57. The van der Waals surface area contributed by atoms with Crippen LogP contribution in [0.1, 0.15) is 54.5 Å². The fourth-order valence-corrected chi connectivity index (χ4v) is 5.44. The zero-order valence-corrected chi connectivity index (χ0v) is 20.6. The van der Waals surface area contributed by atoms with Gasteiger partial charge < -0.3 is 15.5 Å². The molecular weight excluding hydrogens is 483 g/mol. The van der Waals surface area contributed by atoms with Crippen molar-refractivity contribution < 1.29 is 13.2 Å². The summed E-state index contributed by atoms with van der Waals surface area (Å²) in [6.45, 7) is 1.58. The third-order valence-electron chi connectivity index (χ3n) is 7.18. The van der Waals surface area contributed by atoms with Crippen LogP contribution in [0.15, 0.2) is 60.7 Å². The minimum absolute atomic E-state index is 0.0631. The molecular formula is C27H28F3N5S. The summed E-state index contributed by atoms with van der Waals surface area (Å²) in [5, 5.41) is 6.28. The zero-order chi connectivity index (χ0) is 25.2. The molecule has 5 nitrogen and oxygen atoms in total. The number of anilines is 2. The van der Waals surface area contributed by atoms with E-state index in [1.807, 2.05) is 47.4 Å². The molecule has 0 bridgehead atoms. The number of hydrogen-bond acceptors (Lipinski definition) is 4. The lowest BCUT2D eigenvalue weighted by atomic mass is 9.69. The van der Waals surface area contributed by atoms with E-state index in [1.165, 1.54) is 12.0 Å². The van der Waals surface area contributed by atoms with Gasteiger partial charge in [-0.25, -0.2) is 4.98 Å². The SMILES string of the molecule is FC(F)(F)c1cc(N2Cc3ccccc3C2)nc(NC(=S)NCC2(c3ccccc3)CCCCC2)n1. The van der Waals surface area contributed by atoms with Crippen molar-refractivity contribution in [1.29, 1.82) is 0 Å². The Hall–Kier alpha value is -3.20. The van der Waals surface area contributed by atoms with Gasteiger partial charge in [-0.3, -0.25) is 0 Å². The summed E-state index contributed by atoms with van der Waals surface area (Å²) < 4.78 is 41.0. The van der Waals surface area contributed by atoms with Crippen molar-refractivity contribution in [1.82, 2.24) is 15.3 Å². The molecule has 2 aliphatic rings. The molecule has 1 saturated carbocycles. The second-order valence-corrected chi connectivity index (χ2v) is 9.98. The summed E-state index contributed by atoms with van der Waals surface area (Å²) in [6.07, 6.45) is 0.941. The van der Waals surface area contributed by atoms with Crippen LogP contribution in [0, 0.1) is 0 Å². The number of fused-ring (bicyclic) bond motifs is 1. The van der Waals surface area contributed by atoms with Crippen LogP contribution < -0.4 is 15.5 Å². The minimum Gasteiger partial charge on any atom is -0.361 e. The molecule has 2 N–H and O–H groups in total. The van der Waals surface area contributed by atoms with Crippen LogP contribution in [0.25, 0.3) is 0 Å². The highest BCUT2D eigenvalue weighted by Gasteiger charge is 2.36. The van der Waals surface area contributed by atoms with E-state index in [-0.39, 0.29) is 22.3 Å². The molecule has 1 aliphatic carbocycles. The summed E-state index contributed by atoms with van der Waals surface area (Å²) in [5.41, 5.74) is 2.35. The molecule has 0 radical (unpaired) electrons. The first-order valence-electron chi connectivity index (χ1n) is 12.2. The van der Waals surface area contributed by atoms with Crippen LogP contribution in [-0.2, 0) is 24.7 Å². The molecule has 1 aliphatic heterocycles. The molecule has 0 saturated heterocycles. The van der Waals surface area contributed by atoms with Gasteiger partial charge in [-0.05, 0) is 41.7 Å². The van der Waals surface area contributed by atoms with Crippen LogP contribution in [0.4, 0.5) is 24.9 Å². The molecule has 9 heteroatoms. The van der Waals surface area contributed by atoms with Gasteiger partial charge in [-0.1, -0.05) is 73.9 Å². The lowest BCUT2D eigenvalue weighted by Crippen LogP contribution is -2.43. The van der Waals surface area contributed by atoms with Gasteiger partial charge >= 0.3 is 6.18 Å². The fraction of sp³-hybridized carbons (Fsp3) is 0.370. The number of alkyl halides is 3. The van der Waals surface area contributed by atoms with Gasteiger partial charge in [0.25, 0.3) is 0 Å². The molecule has 0 atom stereocenters. The molecule has 1 fully saturated rings. The van der Waals surface area contributed by atoms with Crippen molar-refractivity contribution in [2.24, 2.45) is 0 Å². The lowest BCUT2D eigenvalue weighted by Gasteiger charge is -2.38. The predicted molar refractivity (Wildman–Crippen MR) is 139 cm³/mol. The van der Waals surface area contributed by atoms with Gasteiger partial charge in [0.15, 0.2) is 10.8 Å². The Morgan fingerprint density at radius 1 is 0.917 bits per heavy atom. The number of halogens is 3. The van der Waals surface area contributed by atoms with E-state index in [9.17, 15) is 13.2 Å². The molecule has 2 heterocycles. The number of thiocarbonyl (C=S) groups is 1. The normalized spacial score (nSPS) is 16.9. The zero-order valence-electron chi connectivity index (χ0n) is 19.8. The van der Waals surface area contributed by atoms with E-state index in [4.69, 9.17) is 12.2 Å². The maximum Gasteiger partial charge on any atom is 0.433 e. The van der Waals surface area contributed by atoms with Gasteiger partial charge in [0, 0.05) is 31.1 Å². The summed E-state index contributed by atoms with van der Waals surface area (Å²) in [5.74, 6) is 0.0533. The van der Waals surface area contributed by atoms with Crippen molar-refractivity contribution >= 4 is 29.1 Å². The Labute approximate surface area is 214 Å². The molecule has 0 unspecified atom stereocenters. The molecule has 188 valence electrons. The number of benzene rings is 2. The van der Waals surface area contributed by atoms with Gasteiger partial charge in [0.05, 0.1) is 0 Å². The summed E-state index contributed by atoms with van der Waals surface area (Å²) >= 11 is 5.48. The van der Waals surface area contributed by atoms with Crippen LogP contribution in [0.3, 0.4) is 0 Å². The third kappa shape index (κ3) is 5.31. The first-order valence-corrected chi connectivity index (χ1v) is 12.6. The van der Waals surface area contributed by atoms with E-state index in [0.717, 1.165) is 42.9 Å². The first kappa shape index (κ1) is 24.5. The first-order chi connectivity index (χ1) is 17.3. The number of rotatable bonds is 5. The molecule has 0 spiro atoms. The third-order valence-corrected chi connectivity index (χ3v) is 7.42. The molecule has 0 amide bonds. The summed E-state index contributed by atoms with van der Waals surface area (Å²) in [7, 11) is 0. The highest BCUT2D eigenvalue weighted by Crippen LogP contribution is 2.39. The Morgan fingerprint density at radius 2 is 1.56 bits per heavy atom. The minimum atomic E-state index is -4.60. The maximum atomic E-state index is 13.7. The number of nitrogens with zero attached hydrogens (tertiary/aromatic N) is 3. The van der Waals surface area contributed by atoms with Gasteiger partial charge in [0.1, 0.15) is 5.82 Å². The van der Waals surface area contributed by atoms with Gasteiger partial charge in [0.2, 0.25) is 5.95 Å². The smallest absolute Gasteiger partial charge is 0.361 e. The lowest BCUT2D eigenvalue weighted by molar-refractivity contribution is -0.141. The van der Waals surface area contributed by atoms with E-state index >= 15 is 0 Å². The van der Waals surface area contributed by atoms with Crippen LogP contribution >= 0.6 is 12.2 Å². The molecule has 3 aromatic rings. The number of hydrogen-bond donors (Lipinski definition) is 2. The summed E-state index contributed by atoms with van der Waals surface area (Å²) in [4.78, 5) is 9.95. The highest BCUT2D eigenvalue weighted by molar-refractivity contribution is 7.80. The Kier molecular flexibility index (Phi) is 6.83. The standard InChI is InChI=1S/C27H28F3N5S/c28-27(29,30)22-15-23(35-16-19-9-5-6-10-20(19)17-35)33-24(32-22)34-25(36)31-18-26(13-7-2-8-14-26)21-11-3-1-4-12-21/h1,3-6,9-12,15H,2,7-8,13-14,16-18H2,(H2,31,32,33,34,36). The van der Waals surface area contributed by atoms with Crippen LogP contribution in [-0.4, -0.2) is 21.6 Å². The van der Waals surface area contributed by atoms with E-state index in [0.29, 0.717) is 19.6 Å². The van der Waals surface area contributed by atoms with Crippen LogP contribution in [0.2, 0.25) is 0 Å². The topological polar surface area (TPSA) is 53.1 Å².